The van der Waals surface area contributed by atoms with Gasteiger partial charge >= 0.3 is 0 Å². The highest BCUT2D eigenvalue weighted by Crippen LogP contribution is 2.34. The summed E-state index contributed by atoms with van der Waals surface area (Å²) in [5.74, 6) is 2.68. The number of hydrogen-bond donors (Lipinski definition) is 1. The highest BCUT2D eigenvalue weighted by atomic mass is 16.5. The first kappa shape index (κ1) is 16.4. The van der Waals surface area contributed by atoms with Gasteiger partial charge in [-0.25, -0.2) is 0 Å². The molecule has 0 aliphatic heterocycles. The van der Waals surface area contributed by atoms with Crippen molar-refractivity contribution in [3.63, 3.8) is 0 Å². The minimum Gasteiger partial charge on any atom is -0.497 e. The smallest absolute Gasteiger partial charge is 0.119 e. The fraction of sp³-hybridized carbons (Fsp3) is 0.684. The first-order valence-electron chi connectivity index (χ1n) is 8.63. The van der Waals surface area contributed by atoms with Gasteiger partial charge in [0.25, 0.3) is 0 Å². The summed E-state index contributed by atoms with van der Waals surface area (Å²) in [6, 6.07) is 9.28. The number of rotatable bonds is 7. The van der Waals surface area contributed by atoms with Crippen LogP contribution in [0.2, 0.25) is 0 Å². The Hall–Kier alpha value is -1.02. The molecule has 0 bridgehead atoms. The van der Waals surface area contributed by atoms with Crippen molar-refractivity contribution in [2.45, 2.75) is 58.4 Å². The van der Waals surface area contributed by atoms with Gasteiger partial charge in [-0.1, -0.05) is 38.8 Å². The van der Waals surface area contributed by atoms with E-state index in [2.05, 4.69) is 37.4 Å². The van der Waals surface area contributed by atoms with Gasteiger partial charge in [-0.05, 0) is 61.8 Å². The summed E-state index contributed by atoms with van der Waals surface area (Å²) in [5, 5.41) is 3.71. The molecule has 1 fully saturated rings. The molecule has 2 nitrogen and oxygen atoms in total. The third-order valence-corrected chi connectivity index (χ3v) is 4.89. The summed E-state index contributed by atoms with van der Waals surface area (Å²) >= 11 is 0. The lowest BCUT2D eigenvalue weighted by Crippen LogP contribution is -2.41. The van der Waals surface area contributed by atoms with Crippen molar-refractivity contribution < 1.29 is 4.74 Å². The lowest BCUT2D eigenvalue weighted by Gasteiger charge is -2.37. The van der Waals surface area contributed by atoms with Gasteiger partial charge in [-0.2, -0.15) is 0 Å². The van der Waals surface area contributed by atoms with Crippen LogP contribution in [-0.4, -0.2) is 19.7 Å². The number of ether oxygens (including phenoxy) is 1. The van der Waals surface area contributed by atoms with Crippen molar-refractivity contribution >= 4 is 0 Å². The lowest BCUT2D eigenvalue weighted by molar-refractivity contribution is 0.195. The van der Waals surface area contributed by atoms with Gasteiger partial charge in [0.15, 0.2) is 0 Å². The zero-order valence-corrected chi connectivity index (χ0v) is 13.9. The molecule has 1 aromatic rings. The van der Waals surface area contributed by atoms with E-state index >= 15 is 0 Å². The van der Waals surface area contributed by atoms with E-state index in [4.69, 9.17) is 4.74 Å². The molecule has 3 unspecified atom stereocenters. The molecule has 1 saturated carbocycles. The number of methoxy groups -OCH3 is 1. The van der Waals surface area contributed by atoms with Crippen molar-refractivity contribution in [2.75, 3.05) is 13.7 Å². The van der Waals surface area contributed by atoms with E-state index < -0.39 is 0 Å². The molecule has 3 atom stereocenters. The van der Waals surface area contributed by atoms with Gasteiger partial charge in [0.2, 0.25) is 0 Å². The van der Waals surface area contributed by atoms with Crippen molar-refractivity contribution in [2.24, 2.45) is 11.8 Å². The molecule has 1 N–H and O–H groups in total. The van der Waals surface area contributed by atoms with Crippen molar-refractivity contribution in [3.05, 3.63) is 29.8 Å². The van der Waals surface area contributed by atoms with Gasteiger partial charge in [0.1, 0.15) is 5.75 Å². The van der Waals surface area contributed by atoms with E-state index in [1.165, 1.54) is 44.1 Å². The van der Waals surface area contributed by atoms with Crippen LogP contribution in [-0.2, 0) is 6.42 Å². The Bertz CT molecular complexity index is 418. The highest BCUT2D eigenvalue weighted by Gasteiger charge is 2.29. The average Bonchev–Trinajstić information content (AvgIpc) is 2.50. The molecule has 1 aliphatic carbocycles. The molecule has 2 heteroatoms. The third-order valence-electron chi connectivity index (χ3n) is 4.89. The summed E-state index contributed by atoms with van der Waals surface area (Å²) in [6.45, 7) is 5.62. The minimum absolute atomic E-state index is 0.689. The van der Waals surface area contributed by atoms with Crippen LogP contribution in [0.4, 0.5) is 0 Å². The maximum Gasteiger partial charge on any atom is 0.119 e. The minimum atomic E-state index is 0.689. The Labute approximate surface area is 130 Å². The SMILES string of the molecule is CCCC1CCC(NCC)C(Cc2cccc(OC)c2)C1. The molecule has 2 rings (SSSR count). The van der Waals surface area contributed by atoms with Gasteiger partial charge in [-0.3, -0.25) is 0 Å². The van der Waals surface area contributed by atoms with Crippen LogP contribution in [0.5, 0.6) is 5.75 Å². The maximum atomic E-state index is 5.36. The van der Waals surface area contributed by atoms with Crippen LogP contribution in [0.3, 0.4) is 0 Å². The molecule has 0 spiro atoms. The first-order chi connectivity index (χ1) is 10.3. The summed E-state index contributed by atoms with van der Waals surface area (Å²) in [6.07, 6.45) is 8.01. The number of nitrogens with one attached hydrogen (secondary N) is 1. The van der Waals surface area contributed by atoms with Gasteiger partial charge in [0.05, 0.1) is 7.11 Å². The van der Waals surface area contributed by atoms with Crippen molar-refractivity contribution in [1.82, 2.24) is 5.32 Å². The van der Waals surface area contributed by atoms with E-state index in [0.717, 1.165) is 24.1 Å². The number of hydrogen-bond acceptors (Lipinski definition) is 2. The van der Waals surface area contributed by atoms with Gasteiger partial charge < -0.3 is 10.1 Å². The summed E-state index contributed by atoms with van der Waals surface area (Å²) < 4.78 is 5.36. The predicted octanol–water partition coefficient (Wildman–Crippen LogP) is 4.43. The largest absolute Gasteiger partial charge is 0.497 e. The quantitative estimate of drug-likeness (QED) is 0.801. The Kier molecular flexibility index (Phi) is 6.56. The third kappa shape index (κ3) is 4.74. The van der Waals surface area contributed by atoms with E-state index in [1.807, 2.05) is 6.07 Å². The zero-order chi connectivity index (χ0) is 15.1. The van der Waals surface area contributed by atoms with Gasteiger partial charge in [-0.15, -0.1) is 0 Å². The van der Waals surface area contributed by atoms with E-state index in [-0.39, 0.29) is 0 Å². The molecule has 0 aromatic heterocycles. The first-order valence-corrected chi connectivity index (χ1v) is 8.63. The van der Waals surface area contributed by atoms with Crippen LogP contribution < -0.4 is 10.1 Å². The van der Waals surface area contributed by atoms with Crippen LogP contribution in [0.25, 0.3) is 0 Å². The van der Waals surface area contributed by atoms with Crippen LogP contribution in [0.1, 0.15) is 51.5 Å². The van der Waals surface area contributed by atoms with Crippen LogP contribution in [0.15, 0.2) is 24.3 Å². The molecule has 118 valence electrons. The van der Waals surface area contributed by atoms with Crippen LogP contribution in [0, 0.1) is 11.8 Å². The molecular weight excluding hydrogens is 258 g/mol. The summed E-state index contributed by atoms with van der Waals surface area (Å²) in [5.41, 5.74) is 1.42. The average molecular weight is 289 g/mol. The Morgan fingerprint density at radius 3 is 2.81 bits per heavy atom. The molecule has 1 aliphatic rings. The zero-order valence-electron chi connectivity index (χ0n) is 13.9. The van der Waals surface area contributed by atoms with Crippen LogP contribution >= 0.6 is 0 Å². The standard InChI is InChI=1S/C19H31NO/c1-4-7-15-10-11-19(20-5-2)17(12-15)13-16-8-6-9-18(14-16)21-3/h6,8-9,14-15,17,19-20H,4-5,7,10-13H2,1-3H3. The molecule has 0 saturated heterocycles. The summed E-state index contributed by atoms with van der Waals surface area (Å²) in [7, 11) is 1.75. The normalized spacial score (nSPS) is 25.8. The maximum absolute atomic E-state index is 5.36. The number of benzene rings is 1. The summed E-state index contributed by atoms with van der Waals surface area (Å²) in [4.78, 5) is 0. The fourth-order valence-electron chi connectivity index (χ4n) is 3.89. The van der Waals surface area contributed by atoms with E-state index in [1.54, 1.807) is 7.11 Å². The van der Waals surface area contributed by atoms with E-state index in [0.29, 0.717) is 6.04 Å². The molecular formula is C19H31NO. The Morgan fingerprint density at radius 2 is 2.10 bits per heavy atom. The lowest BCUT2D eigenvalue weighted by atomic mass is 9.74. The molecule has 1 aromatic carbocycles. The molecule has 21 heavy (non-hydrogen) atoms. The Balaban J connectivity index is 2.04. The molecule has 0 radical (unpaired) electrons. The second kappa shape index (κ2) is 8.43. The van der Waals surface area contributed by atoms with E-state index in [9.17, 15) is 0 Å². The second-order valence-electron chi connectivity index (χ2n) is 6.45. The second-order valence-corrected chi connectivity index (χ2v) is 6.45. The van der Waals surface area contributed by atoms with Crippen molar-refractivity contribution in [1.29, 1.82) is 0 Å². The topological polar surface area (TPSA) is 21.3 Å². The predicted molar refractivity (Wildman–Crippen MR) is 89.9 cm³/mol. The monoisotopic (exact) mass is 289 g/mol. The highest BCUT2D eigenvalue weighted by molar-refractivity contribution is 5.28. The molecule has 0 amide bonds. The fourth-order valence-corrected chi connectivity index (χ4v) is 3.89. The van der Waals surface area contributed by atoms with Crippen molar-refractivity contribution in [3.8, 4) is 5.75 Å². The molecule has 0 heterocycles. The van der Waals surface area contributed by atoms with Gasteiger partial charge in [0, 0.05) is 6.04 Å². The Morgan fingerprint density at radius 1 is 1.24 bits per heavy atom.